The number of hydrogen-bond acceptors (Lipinski definition) is 2. The predicted octanol–water partition coefficient (Wildman–Crippen LogP) is 2.79. The molecule has 0 radical (unpaired) electrons. The number of hydrogen-bond donors (Lipinski definition) is 0. The Labute approximate surface area is 86.4 Å². The zero-order valence-corrected chi connectivity index (χ0v) is 8.47. The van der Waals surface area contributed by atoms with E-state index in [0.717, 1.165) is 0 Å². The van der Waals surface area contributed by atoms with E-state index >= 15 is 0 Å². The number of carbonyl (C=O) groups excluding carboxylic acids is 1. The Bertz CT molecular complexity index is 312. The smallest absolute Gasteiger partial charge is 0.328 e. The summed E-state index contributed by atoms with van der Waals surface area (Å²) in [6, 6.07) is 6.90. The summed E-state index contributed by atoms with van der Waals surface area (Å²) in [5.41, 5.74) is 0.567. The van der Waals surface area contributed by atoms with Crippen molar-refractivity contribution in [2.24, 2.45) is 0 Å². The Morgan fingerprint density at radius 3 is 2.62 bits per heavy atom. The average molecular weight is 219 g/mol. The van der Waals surface area contributed by atoms with Gasteiger partial charge in [-0.25, -0.2) is 0 Å². The van der Waals surface area contributed by atoms with Gasteiger partial charge in [0.15, 0.2) is 5.38 Å². The predicted molar refractivity (Wildman–Crippen MR) is 52.1 cm³/mol. The molecule has 0 heterocycles. The van der Waals surface area contributed by atoms with Gasteiger partial charge in [-0.1, -0.05) is 29.8 Å². The maximum absolute atomic E-state index is 11.1. The van der Waals surface area contributed by atoms with Gasteiger partial charge < -0.3 is 4.74 Å². The van der Waals surface area contributed by atoms with Gasteiger partial charge in [0.2, 0.25) is 0 Å². The quantitative estimate of drug-likeness (QED) is 0.564. The summed E-state index contributed by atoms with van der Waals surface area (Å²) in [5, 5.41) is -0.369. The standard InChI is InChI=1S/C9H8Cl2O2/c1-13-9(12)8(11)6-4-2-3-5-7(6)10/h2-5,8H,1H3. The molecule has 0 bridgehead atoms. The highest BCUT2D eigenvalue weighted by atomic mass is 35.5. The van der Waals surface area contributed by atoms with Crippen molar-refractivity contribution in [3.8, 4) is 0 Å². The molecule has 1 aromatic carbocycles. The van der Waals surface area contributed by atoms with Crippen molar-refractivity contribution in [1.29, 1.82) is 0 Å². The number of methoxy groups -OCH3 is 1. The first-order valence-electron chi connectivity index (χ1n) is 3.63. The maximum Gasteiger partial charge on any atom is 0.328 e. The molecule has 70 valence electrons. The molecular weight excluding hydrogens is 211 g/mol. The molecule has 2 nitrogen and oxygen atoms in total. The van der Waals surface area contributed by atoms with E-state index < -0.39 is 11.3 Å². The van der Waals surface area contributed by atoms with Gasteiger partial charge in [0.25, 0.3) is 0 Å². The summed E-state index contributed by atoms with van der Waals surface area (Å²) >= 11 is 11.6. The lowest BCUT2D eigenvalue weighted by Crippen LogP contribution is -2.08. The fraction of sp³-hybridized carbons (Fsp3) is 0.222. The molecule has 0 saturated heterocycles. The topological polar surface area (TPSA) is 26.3 Å². The van der Waals surface area contributed by atoms with Crippen LogP contribution in [0.25, 0.3) is 0 Å². The third-order valence-corrected chi connectivity index (χ3v) is 2.34. The second-order valence-electron chi connectivity index (χ2n) is 2.41. The summed E-state index contributed by atoms with van der Waals surface area (Å²) in [6.07, 6.45) is 0. The van der Waals surface area contributed by atoms with Gasteiger partial charge in [-0.3, -0.25) is 4.79 Å². The summed E-state index contributed by atoms with van der Waals surface area (Å²) in [7, 11) is 1.29. The molecule has 0 aromatic heterocycles. The molecule has 1 aromatic rings. The minimum absolute atomic E-state index is 0.466. The second kappa shape index (κ2) is 4.49. The van der Waals surface area contributed by atoms with Crippen LogP contribution in [0.3, 0.4) is 0 Å². The second-order valence-corrected chi connectivity index (χ2v) is 3.25. The first-order chi connectivity index (χ1) is 6.16. The fourth-order valence-corrected chi connectivity index (χ4v) is 1.49. The third kappa shape index (κ3) is 2.36. The van der Waals surface area contributed by atoms with Crippen molar-refractivity contribution in [3.05, 3.63) is 34.9 Å². The zero-order valence-electron chi connectivity index (χ0n) is 6.96. The molecule has 1 atom stereocenters. The normalized spacial score (nSPS) is 12.2. The molecule has 0 aliphatic heterocycles. The van der Waals surface area contributed by atoms with Crippen LogP contribution in [0, 0.1) is 0 Å². The zero-order chi connectivity index (χ0) is 9.84. The Hall–Kier alpha value is -0.730. The van der Waals surface area contributed by atoms with Gasteiger partial charge in [0, 0.05) is 5.02 Å². The van der Waals surface area contributed by atoms with Crippen LogP contribution >= 0.6 is 23.2 Å². The molecule has 0 aliphatic rings. The Morgan fingerprint density at radius 1 is 1.46 bits per heavy atom. The molecule has 1 rings (SSSR count). The molecule has 1 unspecified atom stereocenters. The number of alkyl halides is 1. The molecule has 0 spiro atoms. The van der Waals surface area contributed by atoms with E-state index in [1.165, 1.54) is 7.11 Å². The van der Waals surface area contributed by atoms with Crippen molar-refractivity contribution in [2.45, 2.75) is 5.38 Å². The fourth-order valence-electron chi connectivity index (χ4n) is 0.911. The monoisotopic (exact) mass is 218 g/mol. The largest absolute Gasteiger partial charge is 0.468 e. The van der Waals surface area contributed by atoms with Crippen molar-refractivity contribution >= 4 is 29.2 Å². The highest BCUT2D eigenvalue weighted by Crippen LogP contribution is 2.28. The number of rotatable bonds is 2. The van der Waals surface area contributed by atoms with Gasteiger partial charge in [-0.15, -0.1) is 11.6 Å². The first-order valence-corrected chi connectivity index (χ1v) is 4.44. The summed E-state index contributed by atoms with van der Waals surface area (Å²) < 4.78 is 4.49. The minimum Gasteiger partial charge on any atom is -0.468 e. The van der Waals surface area contributed by atoms with E-state index in [1.807, 2.05) is 0 Å². The van der Waals surface area contributed by atoms with E-state index in [9.17, 15) is 4.79 Å². The van der Waals surface area contributed by atoms with Crippen LogP contribution in [0.2, 0.25) is 5.02 Å². The van der Waals surface area contributed by atoms with Gasteiger partial charge in [-0.2, -0.15) is 0 Å². The number of benzene rings is 1. The summed E-state index contributed by atoms with van der Waals surface area (Å²) in [6.45, 7) is 0. The lowest BCUT2D eigenvalue weighted by atomic mass is 10.1. The van der Waals surface area contributed by atoms with Gasteiger partial charge >= 0.3 is 5.97 Å². The Morgan fingerprint density at radius 2 is 2.08 bits per heavy atom. The summed E-state index contributed by atoms with van der Waals surface area (Å²) in [5.74, 6) is -0.505. The lowest BCUT2D eigenvalue weighted by Gasteiger charge is -2.08. The van der Waals surface area contributed by atoms with Crippen molar-refractivity contribution in [1.82, 2.24) is 0 Å². The van der Waals surface area contributed by atoms with Crippen molar-refractivity contribution in [2.75, 3.05) is 7.11 Å². The molecule has 0 N–H and O–H groups in total. The number of ether oxygens (including phenoxy) is 1. The van der Waals surface area contributed by atoms with Crippen molar-refractivity contribution < 1.29 is 9.53 Å². The Kier molecular flexibility index (Phi) is 3.58. The van der Waals surface area contributed by atoms with Crippen molar-refractivity contribution in [3.63, 3.8) is 0 Å². The summed E-state index contributed by atoms with van der Waals surface area (Å²) in [4.78, 5) is 11.1. The lowest BCUT2D eigenvalue weighted by molar-refractivity contribution is -0.140. The average Bonchev–Trinajstić information content (AvgIpc) is 2.16. The van der Waals surface area contributed by atoms with Gasteiger partial charge in [0.05, 0.1) is 7.11 Å². The molecule has 0 aliphatic carbocycles. The minimum atomic E-state index is -0.835. The highest BCUT2D eigenvalue weighted by Gasteiger charge is 2.19. The van der Waals surface area contributed by atoms with E-state index in [-0.39, 0.29) is 0 Å². The number of carbonyl (C=O) groups is 1. The van der Waals surface area contributed by atoms with Gasteiger partial charge in [-0.05, 0) is 11.6 Å². The number of halogens is 2. The van der Waals surface area contributed by atoms with Crippen LogP contribution in [0.5, 0.6) is 0 Å². The van der Waals surface area contributed by atoms with E-state index in [4.69, 9.17) is 23.2 Å². The molecule has 0 saturated carbocycles. The molecule has 0 amide bonds. The van der Waals surface area contributed by atoms with Crippen LogP contribution in [-0.2, 0) is 9.53 Å². The van der Waals surface area contributed by atoms with Crippen LogP contribution in [0.15, 0.2) is 24.3 Å². The van der Waals surface area contributed by atoms with Crippen LogP contribution in [-0.4, -0.2) is 13.1 Å². The Balaban J connectivity index is 2.95. The first kappa shape index (κ1) is 10.4. The molecular formula is C9H8Cl2O2. The number of esters is 1. The van der Waals surface area contributed by atoms with E-state index in [2.05, 4.69) is 4.74 Å². The SMILES string of the molecule is COC(=O)C(Cl)c1ccccc1Cl. The molecule has 0 fully saturated rings. The molecule has 4 heteroatoms. The third-order valence-electron chi connectivity index (χ3n) is 1.59. The van der Waals surface area contributed by atoms with E-state index in [1.54, 1.807) is 24.3 Å². The van der Waals surface area contributed by atoms with Crippen LogP contribution in [0.4, 0.5) is 0 Å². The van der Waals surface area contributed by atoms with Crippen LogP contribution < -0.4 is 0 Å². The van der Waals surface area contributed by atoms with Gasteiger partial charge in [0.1, 0.15) is 0 Å². The van der Waals surface area contributed by atoms with E-state index in [0.29, 0.717) is 10.6 Å². The maximum atomic E-state index is 11.1. The van der Waals surface area contributed by atoms with Crippen LogP contribution in [0.1, 0.15) is 10.9 Å². The highest BCUT2D eigenvalue weighted by molar-refractivity contribution is 6.35. The molecule has 13 heavy (non-hydrogen) atoms.